The van der Waals surface area contributed by atoms with Gasteiger partial charge < -0.3 is 10.1 Å². The Balaban J connectivity index is 1.84. The third kappa shape index (κ3) is 3.23. The van der Waals surface area contributed by atoms with Gasteiger partial charge in [0.2, 0.25) is 6.41 Å². The highest BCUT2D eigenvalue weighted by Crippen LogP contribution is 2.50. The van der Waals surface area contributed by atoms with Crippen molar-refractivity contribution in [3.05, 3.63) is 35.5 Å². The van der Waals surface area contributed by atoms with Crippen LogP contribution < -0.4 is 5.32 Å². The molecule has 3 heteroatoms. The van der Waals surface area contributed by atoms with E-state index in [4.69, 9.17) is 4.74 Å². The molecule has 2 aliphatic carbocycles. The molecule has 24 heavy (non-hydrogen) atoms. The van der Waals surface area contributed by atoms with Gasteiger partial charge in [-0.05, 0) is 76.2 Å². The van der Waals surface area contributed by atoms with E-state index in [9.17, 15) is 4.79 Å². The van der Waals surface area contributed by atoms with Crippen LogP contribution in [0.2, 0.25) is 0 Å². The number of nitrogens with one attached hydrogen (secondary N) is 1. The summed E-state index contributed by atoms with van der Waals surface area (Å²) < 4.78 is 6.05. The van der Waals surface area contributed by atoms with Gasteiger partial charge in [-0.1, -0.05) is 29.9 Å². The fourth-order valence-electron chi connectivity index (χ4n) is 5.01. The number of amides is 1. The summed E-state index contributed by atoms with van der Waals surface area (Å²) in [5, 5.41) is 3.15. The second kappa shape index (κ2) is 6.87. The summed E-state index contributed by atoms with van der Waals surface area (Å²) >= 11 is 0. The van der Waals surface area contributed by atoms with Crippen molar-refractivity contribution in [3.8, 4) is 0 Å². The lowest BCUT2D eigenvalue weighted by atomic mass is 9.58. The summed E-state index contributed by atoms with van der Waals surface area (Å²) in [4.78, 5) is 11.1. The largest absolute Gasteiger partial charge is 0.369 e. The topological polar surface area (TPSA) is 38.3 Å². The molecule has 3 rings (SSSR count). The van der Waals surface area contributed by atoms with E-state index in [0.29, 0.717) is 17.8 Å². The third-order valence-corrected chi connectivity index (χ3v) is 6.51. The van der Waals surface area contributed by atoms with Crippen LogP contribution in [0, 0.1) is 17.8 Å². The second-order valence-electron chi connectivity index (χ2n) is 8.22. The van der Waals surface area contributed by atoms with Crippen LogP contribution in [-0.2, 0) is 9.53 Å². The van der Waals surface area contributed by atoms with Crippen molar-refractivity contribution in [2.24, 2.45) is 17.8 Å². The molecule has 1 saturated carbocycles. The molecular weight excluding hydrogens is 298 g/mol. The maximum atomic E-state index is 11.1. The molecule has 132 valence electrons. The molecule has 0 aromatic heterocycles. The zero-order valence-corrected chi connectivity index (χ0v) is 15.3. The zero-order valence-electron chi connectivity index (χ0n) is 15.3. The summed E-state index contributed by atoms with van der Waals surface area (Å²) in [7, 11) is 0. The number of fused-ring (bicyclic) bond motifs is 1. The molecule has 0 bridgehead atoms. The Labute approximate surface area is 146 Å². The van der Waals surface area contributed by atoms with Crippen LogP contribution in [0.25, 0.3) is 0 Å². The van der Waals surface area contributed by atoms with Crippen LogP contribution in [0.4, 0.5) is 0 Å². The van der Waals surface area contributed by atoms with Gasteiger partial charge in [0.1, 0.15) is 0 Å². The highest BCUT2D eigenvalue weighted by molar-refractivity contribution is 5.48. The Bertz CT molecular complexity index is 576. The first-order chi connectivity index (χ1) is 11.4. The second-order valence-corrected chi connectivity index (χ2v) is 8.22. The van der Waals surface area contributed by atoms with E-state index in [1.165, 1.54) is 17.6 Å². The molecule has 3 aliphatic rings. The number of ether oxygens (including phenoxy) is 1. The quantitative estimate of drug-likeness (QED) is 0.621. The van der Waals surface area contributed by atoms with Gasteiger partial charge in [-0.25, -0.2) is 0 Å². The number of hydrogen-bond donors (Lipinski definition) is 1. The van der Waals surface area contributed by atoms with Crippen molar-refractivity contribution in [2.45, 2.75) is 64.5 Å². The molecule has 1 amide bonds. The standard InChI is InChI=1S/C21H31NO2/c1-14(2)20-8-6-16(12-24-20)17-9-10-21(4,22-13-23)19-7-5-15(3)11-18(17)19/h6,11,13,17-20H,1,5,7-10,12H2,2-4H3,(H,22,23)/t17-,18-,19+,20?,21+/m0/s1. The van der Waals surface area contributed by atoms with E-state index < -0.39 is 0 Å². The monoisotopic (exact) mass is 329 g/mol. The minimum absolute atomic E-state index is 0.0730. The van der Waals surface area contributed by atoms with Gasteiger partial charge in [0.25, 0.3) is 0 Å². The van der Waals surface area contributed by atoms with Crippen LogP contribution >= 0.6 is 0 Å². The predicted octanol–water partition coefficient (Wildman–Crippen LogP) is 4.17. The van der Waals surface area contributed by atoms with E-state index in [2.05, 4.69) is 37.9 Å². The first-order valence-corrected chi connectivity index (χ1v) is 9.29. The minimum Gasteiger partial charge on any atom is -0.369 e. The molecule has 0 saturated heterocycles. The van der Waals surface area contributed by atoms with Gasteiger partial charge >= 0.3 is 0 Å². The Morgan fingerprint density at radius 2 is 2.25 bits per heavy atom. The molecular formula is C21H31NO2. The van der Waals surface area contributed by atoms with Crippen LogP contribution in [0.15, 0.2) is 35.5 Å². The first-order valence-electron chi connectivity index (χ1n) is 9.29. The van der Waals surface area contributed by atoms with Crippen molar-refractivity contribution in [2.75, 3.05) is 6.61 Å². The van der Waals surface area contributed by atoms with Gasteiger partial charge in [0, 0.05) is 5.54 Å². The average Bonchev–Trinajstić information content (AvgIpc) is 2.55. The molecule has 1 fully saturated rings. The number of rotatable bonds is 4. The van der Waals surface area contributed by atoms with Crippen LogP contribution in [0.5, 0.6) is 0 Å². The Kier molecular flexibility index (Phi) is 5.00. The molecule has 0 aromatic rings. The van der Waals surface area contributed by atoms with Crippen LogP contribution in [-0.4, -0.2) is 24.7 Å². The van der Waals surface area contributed by atoms with E-state index in [1.807, 2.05) is 6.92 Å². The third-order valence-electron chi connectivity index (χ3n) is 6.51. The normalized spacial score (nSPS) is 39.3. The number of hydrogen-bond acceptors (Lipinski definition) is 2. The van der Waals surface area contributed by atoms with Crippen molar-refractivity contribution in [3.63, 3.8) is 0 Å². The average molecular weight is 329 g/mol. The fourth-order valence-corrected chi connectivity index (χ4v) is 5.01. The predicted molar refractivity (Wildman–Crippen MR) is 97.6 cm³/mol. The molecule has 0 spiro atoms. The van der Waals surface area contributed by atoms with Gasteiger partial charge in [0.05, 0.1) is 12.7 Å². The Hall–Kier alpha value is -1.35. The lowest BCUT2D eigenvalue weighted by Crippen LogP contribution is -2.56. The van der Waals surface area contributed by atoms with E-state index in [0.717, 1.165) is 44.3 Å². The summed E-state index contributed by atoms with van der Waals surface area (Å²) in [5.74, 6) is 1.59. The molecule has 1 N–H and O–H groups in total. The maximum absolute atomic E-state index is 11.1. The Morgan fingerprint density at radius 3 is 2.88 bits per heavy atom. The SMILES string of the molecule is C=C(C)C1CC=C([C@@H]2CC[C@@](C)(NC=O)[C@@H]3CCC(C)=C[C@H]32)CO1. The lowest BCUT2D eigenvalue weighted by Gasteiger charge is -2.51. The number of allylic oxidation sites excluding steroid dienone is 2. The van der Waals surface area contributed by atoms with Crippen LogP contribution in [0.1, 0.15) is 52.9 Å². The van der Waals surface area contributed by atoms with Crippen LogP contribution in [0.3, 0.4) is 0 Å². The van der Waals surface area contributed by atoms with Gasteiger partial charge in [-0.15, -0.1) is 0 Å². The molecule has 1 aliphatic heterocycles. The molecule has 1 heterocycles. The van der Waals surface area contributed by atoms with Crippen molar-refractivity contribution >= 4 is 6.41 Å². The summed E-state index contributed by atoms with van der Waals surface area (Å²) in [6.07, 6.45) is 11.4. The maximum Gasteiger partial charge on any atom is 0.207 e. The molecule has 0 aromatic carbocycles. The highest BCUT2D eigenvalue weighted by atomic mass is 16.5. The lowest BCUT2D eigenvalue weighted by molar-refractivity contribution is -0.112. The van der Waals surface area contributed by atoms with E-state index in [-0.39, 0.29) is 11.6 Å². The molecule has 5 atom stereocenters. The molecule has 1 unspecified atom stereocenters. The summed E-state index contributed by atoms with van der Waals surface area (Å²) in [5.41, 5.74) is 3.99. The van der Waals surface area contributed by atoms with Gasteiger partial charge in [-0.2, -0.15) is 0 Å². The minimum atomic E-state index is -0.0730. The van der Waals surface area contributed by atoms with E-state index in [1.54, 1.807) is 0 Å². The number of carbonyl (C=O) groups is 1. The zero-order chi connectivity index (χ0) is 17.3. The fraction of sp³-hybridized carbons (Fsp3) is 0.667. The van der Waals surface area contributed by atoms with Crippen molar-refractivity contribution in [1.82, 2.24) is 5.32 Å². The summed E-state index contributed by atoms with van der Waals surface area (Å²) in [6.45, 7) is 11.3. The highest BCUT2D eigenvalue weighted by Gasteiger charge is 2.47. The van der Waals surface area contributed by atoms with Gasteiger partial charge in [0.15, 0.2) is 0 Å². The van der Waals surface area contributed by atoms with Crippen molar-refractivity contribution in [1.29, 1.82) is 0 Å². The first kappa shape index (κ1) is 17.5. The molecule has 3 nitrogen and oxygen atoms in total. The van der Waals surface area contributed by atoms with E-state index >= 15 is 0 Å². The van der Waals surface area contributed by atoms with Crippen molar-refractivity contribution < 1.29 is 9.53 Å². The van der Waals surface area contributed by atoms with Gasteiger partial charge in [-0.3, -0.25) is 4.79 Å². The Morgan fingerprint density at radius 1 is 1.46 bits per heavy atom. The molecule has 0 radical (unpaired) electrons. The number of carbonyl (C=O) groups excluding carboxylic acids is 1. The summed E-state index contributed by atoms with van der Waals surface area (Å²) in [6, 6.07) is 0. The smallest absolute Gasteiger partial charge is 0.207 e.